The number of halogens is 1. The molecule has 3 aromatic rings. The molecule has 150 valence electrons. The minimum Gasteiger partial charge on any atom is -0.478 e. The molecule has 0 aliphatic carbocycles. The van der Waals surface area contributed by atoms with Crippen LogP contribution in [0.1, 0.15) is 32.7 Å². The largest absolute Gasteiger partial charge is 0.478 e. The number of aryl methyl sites for hydroxylation is 1. The van der Waals surface area contributed by atoms with Gasteiger partial charge in [-0.05, 0) is 48.4 Å². The van der Waals surface area contributed by atoms with E-state index in [4.69, 9.17) is 9.47 Å². The molecule has 0 fully saturated rings. The lowest BCUT2D eigenvalue weighted by atomic mass is 9.98. The molecule has 0 saturated carbocycles. The van der Waals surface area contributed by atoms with Crippen LogP contribution in [0.5, 0.6) is 11.5 Å². The Morgan fingerprint density at radius 2 is 2.03 bits per heavy atom. The third kappa shape index (κ3) is 3.42. The highest BCUT2D eigenvalue weighted by molar-refractivity contribution is 9.10. The molecule has 0 bridgehead atoms. The fourth-order valence-corrected chi connectivity index (χ4v) is 4.23. The van der Waals surface area contributed by atoms with Crippen molar-refractivity contribution >= 4 is 27.8 Å². The zero-order valence-electron chi connectivity index (χ0n) is 16.4. The Morgan fingerprint density at radius 1 is 1.20 bits per heavy atom. The van der Waals surface area contributed by atoms with Crippen LogP contribution in [-0.2, 0) is 13.1 Å². The molecule has 2 aliphatic heterocycles. The Balaban J connectivity index is 1.49. The van der Waals surface area contributed by atoms with Gasteiger partial charge in [0.2, 0.25) is 5.78 Å². The Kier molecular flexibility index (Phi) is 4.89. The topological polar surface area (TPSA) is 51.7 Å². The first kappa shape index (κ1) is 19.0. The van der Waals surface area contributed by atoms with Gasteiger partial charge in [-0.3, -0.25) is 14.7 Å². The van der Waals surface area contributed by atoms with Crippen molar-refractivity contribution in [3.63, 3.8) is 0 Å². The van der Waals surface area contributed by atoms with Gasteiger partial charge in [0.15, 0.2) is 5.76 Å². The van der Waals surface area contributed by atoms with E-state index in [1.807, 2.05) is 55.5 Å². The number of ketones is 1. The van der Waals surface area contributed by atoms with Gasteiger partial charge in [-0.15, -0.1) is 0 Å². The Bertz CT molecular complexity index is 1170. The van der Waals surface area contributed by atoms with Gasteiger partial charge in [0.05, 0.1) is 16.8 Å². The Morgan fingerprint density at radius 3 is 2.83 bits per heavy atom. The molecular formula is C24H19BrN2O3. The number of rotatable bonds is 3. The van der Waals surface area contributed by atoms with E-state index in [0.29, 0.717) is 36.9 Å². The van der Waals surface area contributed by atoms with Gasteiger partial charge in [0.25, 0.3) is 0 Å². The van der Waals surface area contributed by atoms with Crippen molar-refractivity contribution < 1.29 is 14.3 Å². The molecule has 1 aromatic heterocycles. The second-order valence-corrected chi connectivity index (χ2v) is 8.27. The number of carbonyl (C=O) groups excluding carboxylic acids is 1. The first-order valence-electron chi connectivity index (χ1n) is 9.70. The van der Waals surface area contributed by atoms with Crippen molar-refractivity contribution in [2.75, 3.05) is 6.73 Å². The van der Waals surface area contributed by atoms with Crippen LogP contribution in [0.3, 0.4) is 0 Å². The Hall–Kier alpha value is -2.96. The molecule has 3 heterocycles. The van der Waals surface area contributed by atoms with Gasteiger partial charge in [0, 0.05) is 23.8 Å². The maximum atomic E-state index is 13.1. The molecule has 5 rings (SSSR count). The number of nitrogens with zero attached hydrogens (tertiary/aromatic N) is 2. The van der Waals surface area contributed by atoms with Gasteiger partial charge < -0.3 is 9.47 Å². The van der Waals surface area contributed by atoms with Gasteiger partial charge in [0.1, 0.15) is 18.2 Å². The van der Waals surface area contributed by atoms with Gasteiger partial charge in [-0.1, -0.05) is 40.2 Å². The number of hydrogen-bond donors (Lipinski definition) is 0. The molecule has 30 heavy (non-hydrogen) atoms. The van der Waals surface area contributed by atoms with Crippen molar-refractivity contribution in [1.29, 1.82) is 0 Å². The van der Waals surface area contributed by atoms with Crippen LogP contribution in [0.2, 0.25) is 0 Å². The van der Waals surface area contributed by atoms with Crippen LogP contribution < -0.4 is 9.47 Å². The number of fused-ring (bicyclic) bond motifs is 3. The van der Waals surface area contributed by atoms with E-state index in [1.54, 1.807) is 12.3 Å². The maximum absolute atomic E-state index is 13.1. The van der Waals surface area contributed by atoms with Crippen LogP contribution in [0.25, 0.3) is 6.08 Å². The van der Waals surface area contributed by atoms with E-state index in [1.165, 1.54) is 0 Å². The molecule has 2 aliphatic rings. The molecule has 0 amide bonds. The number of allylic oxidation sites excluding steroid dienone is 1. The summed E-state index contributed by atoms with van der Waals surface area (Å²) in [6.45, 7) is 3.68. The first-order valence-corrected chi connectivity index (χ1v) is 10.5. The van der Waals surface area contributed by atoms with Crippen molar-refractivity contribution in [3.05, 3.63) is 92.9 Å². The van der Waals surface area contributed by atoms with Crippen molar-refractivity contribution in [3.8, 4) is 11.5 Å². The summed E-state index contributed by atoms with van der Waals surface area (Å²) in [5.41, 5.74) is 4.26. The third-order valence-electron chi connectivity index (χ3n) is 5.29. The van der Waals surface area contributed by atoms with Gasteiger partial charge in [-0.2, -0.15) is 0 Å². The average molecular weight is 463 g/mol. The third-order valence-corrected chi connectivity index (χ3v) is 6.01. The van der Waals surface area contributed by atoms with Gasteiger partial charge >= 0.3 is 0 Å². The van der Waals surface area contributed by atoms with E-state index in [2.05, 4.69) is 25.8 Å². The number of ether oxygens (including phenoxy) is 2. The fraction of sp³-hybridized carbons (Fsp3) is 0.167. The number of hydrogen-bond acceptors (Lipinski definition) is 5. The fourth-order valence-electron chi connectivity index (χ4n) is 3.83. The quantitative estimate of drug-likeness (QED) is 0.505. The summed E-state index contributed by atoms with van der Waals surface area (Å²) in [6.07, 6.45) is 3.57. The number of carbonyl (C=O) groups is 1. The molecular weight excluding hydrogens is 444 g/mol. The van der Waals surface area contributed by atoms with E-state index < -0.39 is 0 Å². The van der Waals surface area contributed by atoms with Crippen LogP contribution >= 0.6 is 15.9 Å². The molecule has 5 nitrogen and oxygen atoms in total. The van der Waals surface area contributed by atoms with E-state index in [-0.39, 0.29) is 5.78 Å². The zero-order valence-corrected chi connectivity index (χ0v) is 18.0. The van der Waals surface area contributed by atoms with Crippen LogP contribution in [-0.4, -0.2) is 22.4 Å². The highest BCUT2D eigenvalue weighted by Crippen LogP contribution is 2.44. The lowest BCUT2D eigenvalue weighted by molar-refractivity contribution is 0.0861. The second kappa shape index (κ2) is 7.70. The second-order valence-electron chi connectivity index (χ2n) is 7.42. The van der Waals surface area contributed by atoms with E-state index in [0.717, 1.165) is 32.6 Å². The smallest absolute Gasteiger partial charge is 0.232 e. The predicted octanol–water partition coefficient (Wildman–Crippen LogP) is 5.12. The summed E-state index contributed by atoms with van der Waals surface area (Å²) < 4.78 is 13.0. The van der Waals surface area contributed by atoms with Crippen molar-refractivity contribution in [2.45, 2.75) is 20.0 Å². The maximum Gasteiger partial charge on any atom is 0.232 e. The number of pyridine rings is 1. The molecule has 2 aromatic carbocycles. The predicted molar refractivity (Wildman–Crippen MR) is 117 cm³/mol. The summed E-state index contributed by atoms with van der Waals surface area (Å²) in [5, 5.41) is 0. The normalized spacial score (nSPS) is 16.7. The van der Waals surface area contributed by atoms with Gasteiger partial charge in [-0.25, -0.2) is 0 Å². The highest BCUT2D eigenvalue weighted by Gasteiger charge is 2.35. The van der Waals surface area contributed by atoms with E-state index in [9.17, 15) is 4.79 Å². The molecule has 0 saturated heterocycles. The van der Waals surface area contributed by atoms with Crippen LogP contribution in [0, 0.1) is 6.92 Å². The summed E-state index contributed by atoms with van der Waals surface area (Å²) in [4.78, 5) is 19.7. The number of Topliss-reactive ketones (excluding diaryl/α,β-unsaturated/α-hetero) is 1. The first-order chi connectivity index (χ1) is 14.6. The van der Waals surface area contributed by atoms with Crippen molar-refractivity contribution in [1.82, 2.24) is 9.88 Å². The molecule has 0 unspecified atom stereocenters. The summed E-state index contributed by atoms with van der Waals surface area (Å²) in [7, 11) is 0. The zero-order chi connectivity index (χ0) is 20.7. The average Bonchev–Trinajstić information content (AvgIpc) is 3.08. The molecule has 0 N–H and O–H groups in total. The molecule has 6 heteroatoms. The van der Waals surface area contributed by atoms with Crippen LogP contribution in [0.4, 0.5) is 0 Å². The summed E-state index contributed by atoms with van der Waals surface area (Å²) in [6, 6.07) is 15.6. The number of aromatic nitrogens is 1. The monoisotopic (exact) mass is 462 g/mol. The number of benzene rings is 2. The van der Waals surface area contributed by atoms with E-state index >= 15 is 0 Å². The molecule has 0 spiro atoms. The standard InChI is InChI=1S/C24H19BrN2O3/c1-15-10-20-18(13-27(14-29-20)12-17-7-4-5-9-26-17)24-22(15)23(28)21(30-24)11-16-6-2-3-8-19(16)25/h2-11H,12-14H2,1H3/b21-11-. The molecule has 0 atom stereocenters. The lowest BCUT2D eigenvalue weighted by Gasteiger charge is -2.29. The Labute approximate surface area is 183 Å². The van der Waals surface area contributed by atoms with Crippen LogP contribution in [0.15, 0.2) is 65.0 Å². The summed E-state index contributed by atoms with van der Waals surface area (Å²) >= 11 is 3.53. The minimum atomic E-state index is -0.0945. The SMILES string of the molecule is Cc1cc2c(c3c1C(=O)/C(=C/c1ccccc1Br)O3)CN(Cc1ccccn1)CO2. The lowest BCUT2D eigenvalue weighted by Crippen LogP contribution is -2.32. The van der Waals surface area contributed by atoms with Crippen molar-refractivity contribution in [2.24, 2.45) is 0 Å². The molecule has 0 radical (unpaired) electrons. The summed E-state index contributed by atoms with van der Waals surface area (Å²) in [5.74, 6) is 1.62. The minimum absolute atomic E-state index is 0.0945. The highest BCUT2D eigenvalue weighted by atomic mass is 79.9.